The van der Waals surface area contributed by atoms with E-state index >= 15 is 0 Å². The van der Waals surface area contributed by atoms with Crippen LogP contribution < -0.4 is 5.32 Å². The van der Waals surface area contributed by atoms with Crippen LogP contribution in [0.2, 0.25) is 0 Å². The van der Waals surface area contributed by atoms with E-state index in [0.717, 1.165) is 18.7 Å². The molecular weight excluding hydrogens is 391 g/mol. The minimum atomic E-state index is -4.80. The molecule has 0 radical (unpaired) electrons. The van der Waals surface area contributed by atoms with Gasteiger partial charge in [0.15, 0.2) is 9.84 Å². The largest absolute Gasteiger partial charge is 0.417 e. The molecule has 0 aliphatic rings. The van der Waals surface area contributed by atoms with Crippen LogP contribution in [0.3, 0.4) is 0 Å². The first kappa shape index (κ1) is 20.2. The zero-order chi connectivity index (χ0) is 19.7. The lowest BCUT2D eigenvalue weighted by Gasteiger charge is -2.17. The van der Waals surface area contributed by atoms with Crippen LogP contribution in [0, 0.1) is 6.92 Å². The topological polar surface area (TPSA) is 89.8 Å². The van der Waals surface area contributed by atoms with Gasteiger partial charge >= 0.3 is 6.18 Å². The Bertz CT molecular complexity index is 939. The molecule has 0 aliphatic heterocycles. The monoisotopic (exact) mass is 407 g/mol. The van der Waals surface area contributed by atoms with E-state index in [1.807, 2.05) is 6.92 Å². The minimum Gasteiger partial charge on any atom is -0.313 e. The van der Waals surface area contributed by atoms with E-state index in [1.54, 1.807) is 0 Å². The number of benzene rings is 1. The molecule has 0 bridgehead atoms. The number of halogens is 3. The maximum absolute atomic E-state index is 13.2. The molecule has 26 heavy (non-hydrogen) atoms. The van der Waals surface area contributed by atoms with E-state index in [1.165, 1.54) is 11.6 Å². The number of thiocarbonyl (C=S) groups is 1. The molecule has 2 rings (SSSR count). The molecule has 0 fully saturated rings. The summed E-state index contributed by atoms with van der Waals surface area (Å²) in [5, 5.41) is 13.8. The number of aryl methyl sites for hydroxylation is 1. The normalized spacial score (nSPS) is 12.2. The summed E-state index contributed by atoms with van der Waals surface area (Å²) in [6.45, 7) is 3.71. The van der Waals surface area contributed by atoms with E-state index in [0.29, 0.717) is 12.6 Å². The number of hydrogen-bond acceptors (Lipinski definition) is 6. The van der Waals surface area contributed by atoms with Crippen molar-refractivity contribution in [3.8, 4) is 0 Å². The molecule has 0 spiro atoms. The zero-order valence-electron chi connectivity index (χ0n) is 14.1. The van der Waals surface area contributed by atoms with Gasteiger partial charge in [0.05, 0.1) is 10.5 Å². The Morgan fingerprint density at radius 3 is 2.54 bits per heavy atom. The van der Waals surface area contributed by atoms with Crippen LogP contribution in [0.5, 0.6) is 0 Å². The summed E-state index contributed by atoms with van der Waals surface area (Å²) < 4.78 is 64.9. The van der Waals surface area contributed by atoms with Crippen molar-refractivity contribution in [2.75, 3.05) is 11.6 Å². The number of sulfone groups is 1. The lowest BCUT2D eigenvalue weighted by molar-refractivity contribution is -0.139. The number of aromatic nitrogens is 4. The van der Waals surface area contributed by atoms with Crippen molar-refractivity contribution < 1.29 is 21.6 Å². The van der Waals surface area contributed by atoms with Crippen LogP contribution in [0.15, 0.2) is 17.0 Å². The molecule has 0 saturated heterocycles. The molecule has 0 atom stereocenters. The molecular formula is C14H16F3N5O2S2. The second kappa shape index (κ2) is 7.27. The fourth-order valence-corrected chi connectivity index (χ4v) is 4.03. The third-order valence-electron chi connectivity index (χ3n) is 3.52. The third-order valence-corrected chi connectivity index (χ3v) is 5.11. The van der Waals surface area contributed by atoms with Crippen LogP contribution in [-0.4, -0.2) is 39.9 Å². The van der Waals surface area contributed by atoms with E-state index in [9.17, 15) is 21.6 Å². The number of nitrogens with zero attached hydrogens (tertiary/aromatic N) is 4. The quantitative estimate of drug-likeness (QED) is 0.762. The number of rotatable bonds is 5. The first-order valence-electron chi connectivity index (χ1n) is 7.45. The van der Waals surface area contributed by atoms with Crippen LogP contribution in [0.1, 0.15) is 30.0 Å². The predicted octanol–water partition coefficient (Wildman–Crippen LogP) is 2.60. The van der Waals surface area contributed by atoms with Crippen LogP contribution in [0.25, 0.3) is 0 Å². The summed E-state index contributed by atoms with van der Waals surface area (Å²) in [4.78, 5) is -0.770. The van der Waals surface area contributed by atoms with Crippen LogP contribution >= 0.6 is 12.2 Å². The third kappa shape index (κ3) is 4.18. The Balaban J connectivity index is 2.50. The van der Waals surface area contributed by atoms with E-state index < -0.39 is 26.5 Å². The SMILES string of the molecule is CCCn1nnnc1NC(=S)c1ccc(C(F)(F)F)c(S(C)(=O)=O)c1C. The minimum absolute atomic E-state index is 0.0216. The molecule has 1 aromatic heterocycles. The molecule has 12 heteroatoms. The summed E-state index contributed by atoms with van der Waals surface area (Å²) in [5.41, 5.74) is -1.16. The number of tetrazole rings is 1. The van der Waals surface area contributed by atoms with Crippen LogP contribution in [0.4, 0.5) is 19.1 Å². The Labute approximate surface area is 153 Å². The highest BCUT2D eigenvalue weighted by molar-refractivity contribution is 7.90. The Morgan fingerprint density at radius 2 is 2.00 bits per heavy atom. The fraction of sp³-hybridized carbons (Fsp3) is 0.429. The maximum atomic E-state index is 13.2. The van der Waals surface area contributed by atoms with Gasteiger partial charge in [0.1, 0.15) is 4.99 Å². The Hall–Kier alpha value is -2.08. The average molecular weight is 407 g/mol. The number of hydrogen-bond donors (Lipinski definition) is 1. The van der Waals surface area contributed by atoms with Gasteiger partial charge in [-0.05, 0) is 35.4 Å². The van der Waals surface area contributed by atoms with Gasteiger partial charge in [-0.1, -0.05) is 30.3 Å². The van der Waals surface area contributed by atoms with Gasteiger partial charge in [-0.25, -0.2) is 13.1 Å². The first-order chi connectivity index (χ1) is 12.0. The lowest BCUT2D eigenvalue weighted by Crippen LogP contribution is -2.20. The van der Waals surface area contributed by atoms with Gasteiger partial charge in [0.25, 0.3) is 0 Å². The van der Waals surface area contributed by atoms with Gasteiger partial charge in [-0.3, -0.25) is 0 Å². The highest BCUT2D eigenvalue weighted by Crippen LogP contribution is 2.37. The molecule has 2 aromatic rings. The van der Waals surface area contributed by atoms with Crippen LogP contribution in [-0.2, 0) is 22.6 Å². The molecule has 0 saturated carbocycles. The molecule has 1 aromatic carbocycles. The molecule has 7 nitrogen and oxygen atoms in total. The molecule has 1 heterocycles. The second-order valence-corrected chi connectivity index (χ2v) is 7.93. The van der Waals surface area contributed by atoms with Crippen molar-refractivity contribution in [2.24, 2.45) is 0 Å². The van der Waals surface area contributed by atoms with Crippen molar-refractivity contribution in [3.05, 3.63) is 28.8 Å². The van der Waals surface area contributed by atoms with E-state index in [-0.39, 0.29) is 22.1 Å². The smallest absolute Gasteiger partial charge is 0.313 e. The van der Waals surface area contributed by atoms with Crippen molar-refractivity contribution in [2.45, 2.75) is 37.9 Å². The highest BCUT2D eigenvalue weighted by atomic mass is 32.2. The fourth-order valence-electron chi connectivity index (χ4n) is 2.46. The molecule has 0 amide bonds. The van der Waals surface area contributed by atoms with Crippen molar-refractivity contribution in [3.63, 3.8) is 0 Å². The number of alkyl halides is 3. The summed E-state index contributed by atoms with van der Waals surface area (Å²) in [7, 11) is -4.14. The summed E-state index contributed by atoms with van der Waals surface area (Å²) >= 11 is 5.22. The van der Waals surface area contributed by atoms with Gasteiger partial charge in [-0.15, -0.1) is 0 Å². The first-order valence-corrected chi connectivity index (χ1v) is 9.75. The second-order valence-electron chi connectivity index (χ2n) is 5.56. The molecule has 1 N–H and O–H groups in total. The molecule has 0 unspecified atom stereocenters. The van der Waals surface area contributed by atoms with Crippen molar-refractivity contribution in [1.29, 1.82) is 0 Å². The Morgan fingerprint density at radius 1 is 1.35 bits per heavy atom. The average Bonchev–Trinajstić information content (AvgIpc) is 2.92. The van der Waals surface area contributed by atoms with Gasteiger partial charge in [-0.2, -0.15) is 13.2 Å². The lowest BCUT2D eigenvalue weighted by atomic mass is 10.0. The van der Waals surface area contributed by atoms with Gasteiger partial charge in [0.2, 0.25) is 5.95 Å². The maximum Gasteiger partial charge on any atom is 0.417 e. The zero-order valence-corrected chi connectivity index (χ0v) is 15.8. The summed E-state index contributed by atoms with van der Waals surface area (Å²) in [5.74, 6) is 0.219. The Kier molecular flexibility index (Phi) is 5.66. The van der Waals surface area contributed by atoms with Crippen molar-refractivity contribution in [1.82, 2.24) is 20.2 Å². The summed E-state index contributed by atoms with van der Waals surface area (Å²) in [6, 6.07) is 1.85. The highest BCUT2D eigenvalue weighted by Gasteiger charge is 2.37. The standard InChI is InChI=1S/C14H16F3N5O2S2/c1-4-7-22-13(19-20-21-22)18-12(25)9-5-6-10(14(15,16)17)11(8(9)2)26(3,23)24/h5-6H,4,7H2,1-3H3,(H,18,19,21,25). The van der Waals surface area contributed by atoms with Crippen molar-refractivity contribution >= 4 is 33.0 Å². The molecule has 142 valence electrons. The molecule has 0 aliphatic carbocycles. The number of nitrogens with one attached hydrogen (secondary N) is 1. The number of anilines is 1. The summed E-state index contributed by atoms with van der Waals surface area (Å²) in [6.07, 6.45) is -3.32. The van der Waals surface area contributed by atoms with E-state index in [2.05, 4.69) is 20.8 Å². The van der Waals surface area contributed by atoms with E-state index in [4.69, 9.17) is 12.2 Å². The van der Waals surface area contributed by atoms with Gasteiger partial charge in [0, 0.05) is 18.4 Å². The van der Waals surface area contributed by atoms with Gasteiger partial charge < -0.3 is 5.32 Å². The predicted molar refractivity (Wildman–Crippen MR) is 92.7 cm³/mol.